The Morgan fingerprint density at radius 2 is 2.09 bits per heavy atom. The Bertz CT molecular complexity index is 679. The number of thioether (sulfide) groups is 1. The van der Waals surface area contributed by atoms with Crippen LogP contribution in [0.1, 0.15) is 11.1 Å². The summed E-state index contributed by atoms with van der Waals surface area (Å²) in [5.41, 5.74) is 3.41. The quantitative estimate of drug-likeness (QED) is 0.459. The number of hydrogen-bond acceptors (Lipinski definition) is 2. The van der Waals surface area contributed by atoms with Gasteiger partial charge < -0.3 is 10.6 Å². The molecule has 2 aromatic rings. The van der Waals surface area contributed by atoms with Gasteiger partial charge in [-0.3, -0.25) is 0 Å². The summed E-state index contributed by atoms with van der Waals surface area (Å²) in [6.45, 7) is 2.88. The summed E-state index contributed by atoms with van der Waals surface area (Å²) in [6, 6.07) is 14.0. The van der Waals surface area contributed by atoms with Crippen LogP contribution in [-0.4, -0.2) is 17.4 Å². The second-order valence-electron chi connectivity index (χ2n) is 5.03. The molecule has 2 N–H and O–H groups in total. The summed E-state index contributed by atoms with van der Waals surface area (Å²) in [6.07, 6.45) is 0. The van der Waals surface area contributed by atoms with Crippen molar-refractivity contribution in [1.82, 2.24) is 5.32 Å². The van der Waals surface area contributed by atoms with Gasteiger partial charge in [-0.15, -0.1) is 0 Å². The molecule has 0 spiro atoms. The van der Waals surface area contributed by atoms with E-state index in [1.54, 1.807) is 0 Å². The van der Waals surface area contributed by atoms with Gasteiger partial charge in [-0.05, 0) is 60.6 Å². The normalized spacial score (nSPS) is 10.4. The number of thiocarbonyl (C=S) groups is 1. The highest BCUT2D eigenvalue weighted by molar-refractivity contribution is 9.10. The molecule has 0 bridgehead atoms. The van der Waals surface area contributed by atoms with E-state index in [1.807, 2.05) is 42.1 Å². The maximum absolute atomic E-state index is 5.97. The van der Waals surface area contributed by atoms with Crippen molar-refractivity contribution < 1.29 is 0 Å². The van der Waals surface area contributed by atoms with Crippen LogP contribution in [0.25, 0.3) is 0 Å². The Morgan fingerprint density at radius 3 is 2.83 bits per heavy atom. The Hall–Kier alpha value is -0.750. The first kappa shape index (κ1) is 18.6. The van der Waals surface area contributed by atoms with Crippen molar-refractivity contribution in [2.75, 3.05) is 17.6 Å². The third kappa shape index (κ3) is 6.71. The van der Waals surface area contributed by atoms with Gasteiger partial charge in [0, 0.05) is 33.2 Å². The Morgan fingerprint density at radius 1 is 1.26 bits per heavy atom. The summed E-state index contributed by atoms with van der Waals surface area (Å²) >= 11 is 16.6. The number of aryl methyl sites for hydroxylation is 1. The molecule has 0 aliphatic rings. The lowest BCUT2D eigenvalue weighted by Gasteiger charge is -2.11. The summed E-state index contributed by atoms with van der Waals surface area (Å²) in [7, 11) is 0. The van der Waals surface area contributed by atoms with Gasteiger partial charge >= 0.3 is 0 Å². The molecule has 2 nitrogen and oxygen atoms in total. The minimum Gasteiger partial charge on any atom is -0.362 e. The average Bonchev–Trinajstić information content (AvgIpc) is 2.51. The minimum absolute atomic E-state index is 0.648. The molecule has 0 aliphatic heterocycles. The fourth-order valence-corrected chi connectivity index (χ4v) is 3.44. The van der Waals surface area contributed by atoms with Crippen LogP contribution in [0.4, 0.5) is 5.69 Å². The fourth-order valence-electron chi connectivity index (χ4n) is 1.95. The predicted octanol–water partition coefficient (Wildman–Crippen LogP) is 5.63. The summed E-state index contributed by atoms with van der Waals surface area (Å²) < 4.78 is 1.10. The van der Waals surface area contributed by atoms with E-state index in [4.69, 9.17) is 23.8 Å². The van der Waals surface area contributed by atoms with E-state index in [1.165, 1.54) is 11.1 Å². The van der Waals surface area contributed by atoms with E-state index in [2.05, 4.69) is 45.6 Å². The molecule has 0 aliphatic carbocycles. The molecule has 0 heterocycles. The molecule has 0 aromatic heterocycles. The molecule has 0 amide bonds. The molecule has 0 saturated heterocycles. The molecular formula is C17H18BrClN2S2. The number of nitrogens with one attached hydrogen (secondary N) is 2. The van der Waals surface area contributed by atoms with Crippen LogP contribution in [0.3, 0.4) is 0 Å². The van der Waals surface area contributed by atoms with Crippen LogP contribution < -0.4 is 10.6 Å². The van der Waals surface area contributed by atoms with Gasteiger partial charge in [0.05, 0.1) is 0 Å². The van der Waals surface area contributed by atoms with E-state index in [0.717, 1.165) is 33.2 Å². The standard InChI is InChI=1S/C17H18BrClN2S2/c1-12-9-15(5-6-16(12)18)21-17(22)20-7-8-23-11-13-3-2-4-14(19)10-13/h2-6,9-10H,7-8,11H2,1H3,(H2,20,21,22). The van der Waals surface area contributed by atoms with E-state index in [0.29, 0.717) is 5.11 Å². The monoisotopic (exact) mass is 428 g/mol. The lowest BCUT2D eigenvalue weighted by molar-refractivity contribution is 0.989. The second-order valence-corrected chi connectivity index (χ2v) is 7.83. The number of anilines is 1. The highest BCUT2D eigenvalue weighted by Crippen LogP contribution is 2.20. The maximum Gasteiger partial charge on any atom is 0.170 e. The van der Waals surface area contributed by atoms with Crippen LogP contribution >= 0.6 is 51.5 Å². The van der Waals surface area contributed by atoms with Crippen LogP contribution in [0, 0.1) is 6.92 Å². The molecule has 0 radical (unpaired) electrons. The zero-order chi connectivity index (χ0) is 16.7. The van der Waals surface area contributed by atoms with Crippen LogP contribution in [-0.2, 0) is 5.75 Å². The van der Waals surface area contributed by atoms with Crippen molar-refractivity contribution in [3.05, 3.63) is 63.1 Å². The first-order valence-corrected chi connectivity index (χ1v) is 9.91. The topological polar surface area (TPSA) is 24.1 Å². The Labute approximate surface area is 160 Å². The van der Waals surface area contributed by atoms with Crippen molar-refractivity contribution in [3.8, 4) is 0 Å². The molecule has 2 aromatic carbocycles. The van der Waals surface area contributed by atoms with Gasteiger partial charge in [-0.2, -0.15) is 11.8 Å². The average molecular weight is 430 g/mol. The number of benzene rings is 2. The van der Waals surface area contributed by atoms with E-state index in [9.17, 15) is 0 Å². The summed E-state index contributed by atoms with van der Waals surface area (Å²) in [5.74, 6) is 1.93. The third-order valence-electron chi connectivity index (χ3n) is 3.11. The van der Waals surface area contributed by atoms with Crippen molar-refractivity contribution in [2.24, 2.45) is 0 Å². The van der Waals surface area contributed by atoms with Crippen LogP contribution in [0.2, 0.25) is 5.02 Å². The van der Waals surface area contributed by atoms with Crippen molar-refractivity contribution in [3.63, 3.8) is 0 Å². The van der Waals surface area contributed by atoms with Gasteiger partial charge in [0.25, 0.3) is 0 Å². The zero-order valence-electron chi connectivity index (χ0n) is 12.7. The largest absolute Gasteiger partial charge is 0.362 e. The van der Waals surface area contributed by atoms with Crippen LogP contribution in [0.5, 0.6) is 0 Å². The smallest absolute Gasteiger partial charge is 0.170 e. The SMILES string of the molecule is Cc1cc(NC(=S)NCCSCc2cccc(Cl)c2)ccc1Br. The van der Waals surface area contributed by atoms with Gasteiger partial charge in [0.1, 0.15) is 0 Å². The molecular weight excluding hydrogens is 412 g/mol. The molecule has 0 fully saturated rings. The minimum atomic E-state index is 0.648. The van der Waals surface area contributed by atoms with Gasteiger partial charge in [-0.25, -0.2) is 0 Å². The molecule has 2 rings (SSSR count). The Kier molecular flexibility index (Phi) is 7.70. The molecule has 122 valence electrons. The lowest BCUT2D eigenvalue weighted by atomic mass is 10.2. The molecule has 6 heteroatoms. The summed E-state index contributed by atoms with van der Waals surface area (Å²) in [4.78, 5) is 0. The van der Waals surface area contributed by atoms with E-state index < -0.39 is 0 Å². The van der Waals surface area contributed by atoms with Crippen molar-refractivity contribution in [2.45, 2.75) is 12.7 Å². The van der Waals surface area contributed by atoms with E-state index >= 15 is 0 Å². The van der Waals surface area contributed by atoms with Gasteiger partial charge in [-0.1, -0.05) is 39.7 Å². The maximum atomic E-state index is 5.97. The number of hydrogen-bond donors (Lipinski definition) is 2. The molecule has 0 unspecified atom stereocenters. The first-order chi connectivity index (χ1) is 11.0. The molecule has 23 heavy (non-hydrogen) atoms. The third-order valence-corrected chi connectivity index (χ3v) is 5.51. The van der Waals surface area contributed by atoms with Gasteiger partial charge in [0.15, 0.2) is 5.11 Å². The summed E-state index contributed by atoms with van der Waals surface area (Å²) in [5, 5.41) is 7.86. The van der Waals surface area contributed by atoms with E-state index in [-0.39, 0.29) is 0 Å². The molecule has 0 saturated carbocycles. The Balaban J connectivity index is 1.65. The number of rotatable bonds is 6. The van der Waals surface area contributed by atoms with Crippen LogP contribution in [0.15, 0.2) is 46.9 Å². The predicted molar refractivity (Wildman–Crippen MR) is 111 cm³/mol. The van der Waals surface area contributed by atoms with Crippen molar-refractivity contribution in [1.29, 1.82) is 0 Å². The fraction of sp³-hybridized carbons (Fsp3) is 0.235. The lowest BCUT2D eigenvalue weighted by Crippen LogP contribution is -2.30. The highest BCUT2D eigenvalue weighted by atomic mass is 79.9. The highest BCUT2D eigenvalue weighted by Gasteiger charge is 2.00. The molecule has 0 atom stereocenters. The van der Waals surface area contributed by atoms with Crippen molar-refractivity contribution >= 4 is 62.3 Å². The number of halogens is 2. The zero-order valence-corrected chi connectivity index (χ0v) is 16.7. The first-order valence-electron chi connectivity index (χ1n) is 7.18. The van der Waals surface area contributed by atoms with Gasteiger partial charge in [0.2, 0.25) is 0 Å². The second kappa shape index (κ2) is 9.52.